The monoisotopic (exact) mass is 259 g/mol. The predicted molar refractivity (Wildman–Crippen MR) is 72.2 cm³/mol. The SMILES string of the molecule is CC(O)CCNC(=O)c1ccc(-n2cccc2)nc1. The molecule has 1 unspecified atom stereocenters. The molecule has 0 radical (unpaired) electrons. The Labute approximate surface area is 111 Å². The predicted octanol–water partition coefficient (Wildman–Crippen LogP) is 1.37. The average molecular weight is 259 g/mol. The highest BCUT2D eigenvalue weighted by Crippen LogP contribution is 2.06. The lowest BCUT2D eigenvalue weighted by Crippen LogP contribution is -2.26. The Hall–Kier alpha value is -2.14. The van der Waals surface area contributed by atoms with Crippen molar-refractivity contribution in [2.24, 2.45) is 0 Å². The highest BCUT2D eigenvalue weighted by Gasteiger charge is 2.06. The van der Waals surface area contributed by atoms with Gasteiger partial charge in [0.05, 0.1) is 11.7 Å². The average Bonchev–Trinajstić information content (AvgIpc) is 2.92. The van der Waals surface area contributed by atoms with E-state index in [1.165, 1.54) is 0 Å². The summed E-state index contributed by atoms with van der Waals surface area (Å²) in [7, 11) is 0. The van der Waals surface area contributed by atoms with E-state index >= 15 is 0 Å². The standard InChI is InChI=1S/C14H17N3O2/c1-11(18)6-7-15-14(19)12-4-5-13(16-10-12)17-8-2-3-9-17/h2-5,8-11,18H,6-7H2,1H3,(H,15,19). The van der Waals surface area contributed by atoms with Crippen molar-refractivity contribution in [3.8, 4) is 5.82 Å². The first kappa shape index (κ1) is 13.3. The molecule has 2 heterocycles. The van der Waals surface area contributed by atoms with Gasteiger partial charge in [0, 0.05) is 25.1 Å². The van der Waals surface area contributed by atoms with Gasteiger partial charge >= 0.3 is 0 Å². The van der Waals surface area contributed by atoms with Gasteiger partial charge in [0.15, 0.2) is 0 Å². The summed E-state index contributed by atoms with van der Waals surface area (Å²) in [6, 6.07) is 7.36. The number of hydrogen-bond acceptors (Lipinski definition) is 3. The minimum atomic E-state index is -0.408. The normalized spacial score (nSPS) is 12.1. The summed E-state index contributed by atoms with van der Waals surface area (Å²) >= 11 is 0. The number of hydrogen-bond donors (Lipinski definition) is 2. The summed E-state index contributed by atoms with van der Waals surface area (Å²) in [5.41, 5.74) is 0.515. The Morgan fingerprint density at radius 1 is 1.42 bits per heavy atom. The van der Waals surface area contributed by atoms with E-state index in [1.54, 1.807) is 25.3 Å². The van der Waals surface area contributed by atoms with Crippen molar-refractivity contribution in [1.29, 1.82) is 0 Å². The van der Waals surface area contributed by atoms with Gasteiger partial charge in [-0.2, -0.15) is 0 Å². The summed E-state index contributed by atoms with van der Waals surface area (Å²) < 4.78 is 1.87. The Morgan fingerprint density at radius 3 is 2.74 bits per heavy atom. The molecule has 0 aliphatic heterocycles. The molecule has 0 aliphatic carbocycles. The van der Waals surface area contributed by atoms with E-state index in [9.17, 15) is 4.79 Å². The van der Waals surface area contributed by atoms with Crippen LogP contribution in [0, 0.1) is 0 Å². The Morgan fingerprint density at radius 2 is 2.16 bits per heavy atom. The lowest BCUT2D eigenvalue weighted by atomic mass is 10.2. The summed E-state index contributed by atoms with van der Waals surface area (Å²) in [4.78, 5) is 16.0. The number of pyridine rings is 1. The summed E-state index contributed by atoms with van der Waals surface area (Å²) in [6.07, 6.45) is 5.47. The number of aliphatic hydroxyl groups excluding tert-OH is 1. The molecule has 0 fully saturated rings. The van der Waals surface area contributed by atoms with Gasteiger partial charge in [0.25, 0.3) is 5.91 Å². The first-order chi connectivity index (χ1) is 9.16. The second-order valence-electron chi connectivity index (χ2n) is 4.39. The van der Waals surface area contributed by atoms with E-state index in [1.807, 2.05) is 29.1 Å². The van der Waals surface area contributed by atoms with Crippen LogP contribution in [-0.2, 0) is 0 Å². The lowest BCUT2D eigenvalue weighted by Gasteiger charge is -2.07. The van der Waals surface area contributed by atoms with E-state index in [4.69, 9.17) is 5.11 Å². The third-order valence-corrected chi connectivity index (χ3v) is 2.73. The lowest BCUT2D eigenvalue weighted by molar-refractivity contribution is 0.0945. The molecule has 2 rings (SSSR count). The van der Waals surface area contributed by atoms with Crippen LogP contribution >= 0.6 is 0 Å². The summed E-state index contributed by atoms with van der Waals surface area (Å²) in [5.74, 6) is 0.595. The zero-order valence-corrected chi connectivity index (χ0v) is 10.8. The number of aromatic nitrogens is 2. The topological polar surface area (TPSA) is 67.2 Å². The van der Waals surface area contributed by atoms with Crippen molar-refractivity contribution in [2.75, 3.05) is 6.54 Å². The summed E-state index contributed by atoms with van der Waals surface area (Å²) in [6.45, 7) is 2.15. The van der Waals surface area contributed by atoms with Gasteiger partial charge in [-0.3, -0.25) is 4.79 Å². The van der Waals surface area contributed by atoms with Gasteiger partial charge in [-0.15, -0.1) is 0 Å². The molecule has 5 heteroatoms. The molecule has 0 spiro atoms. The van der Waals surface area contributed by atoms with E-state index < -0.39 is 6.10 Å². The molecule has 19 heavy (non-hydrogen) atoms. The fourth-order valence-electron chi connectivity index (χ4n) is 1.66. The number of carbonyl (C=O) groups excluding carboxylic acids is 1. The van der Waals surface area contributed by atoms with Crippen LogP contribution in [0.4, 0.5) is 0 Å². The molecule has 2 aromatic rings. The smallest absolute Gasteiger partial charge is 0.252 e. The number of nitrogens with one attached hydrogen (secondary N) is 1. The minimum Gasteiger partial charge on any atom is -0.393 e. The first-order valence-corrected chi connectivity index (χ1v) is 6.22. The molecule has 0 aromatic carbocycles. The van der Waals surface area contributed by atoms with Crippen molar-refractivity contribution in [3.63, 3.8) is 0 Å². The maximum Gasteiger partial charge on any atom is 0.252 e. The number of carbonyl (C=O) groups is 1. The fourth-order valence-corrected chi connectivity index (χ4v) is 1.66. The van der Waals surface area contributed by atoms with Crippen LogP contribution in [0.25, 0.3) is 5.82 Å². The van der Waals surface area contributed by atoms with Crippen LogP contribution in [0.2, 0.25) is 0 Å². The van der Waals surface area contributed by atoms with Crippen molar-refractivity contribution in [1.82, 2.24) is 14.9 Å². The third-order valence-electron chi connectivity index (χ3n) is 2.73. The molecule has 0 aliphatic rings. The van der Waals surface area contributed by atoms with Gasteiger partial charge in [-0.25, -0.2) is 4.98 Å². The van der Waals surface area contributed by atoms with Crippen molar-refractivity contribution >= 4 is 5.91 Å². The summed E-state index contributed by atoms with van der Waals surface area (Å²) in [5, 5.41) is 11.9. The molecule has 5 nitrogen and oxygen atoms in total. The molecular formula is C14H17N3O2. The van der Waals surface area contributed by atoms with Gasteiger partial charge in [0.2, 0.25) is 0 Å². The number of rotatable bonds is 5. The first-order valence-electron chi connectivity index (χ1n) is 6.22. The number of aliphatic hydroxyl groups is 1. The van der Waals surface area contributed by atoms with E-state index in [-0.39, 0.29) is 5.91 Å². The molecule has 1 amide bonds. The molecular weight excluding hydrogens is 242 g/mol. The quantitative estimate of drug-likeness (QED) is 0.852. The number of nitrogens with zero attached hydrogens (tertiary/aromatic N) is 2. The maximum atomic E-state index is 11.8. The van der Waals surface area contributed by atoms with Crippen molar-refractivity contribution < 1.29 is 9.90 Å². The molecule has 0 bridgehead atoms. The Bertz CT molecular complexity index is 518. The second kappa shape index (κ2) is 6.15. The maximum absolute atomic E-state index is 11.8. The zero-order chi connectivity index (χ0) is 13.7. The molecule has 2 N–H and O–H groups in total. The van der Waals surface area contributed by atoms with E-state index in [0.29, 0.717) is 18.5 Å². The Kier molecular flexibility index (Phi) is 4.30. The third kappa shape index (κ3) is 3.66. The van der Waals surface area contributed by atoms with Crippen LogP contribution in [0.3, 0.4) is 0 Å². The highest BCUT2D eigenvalue weighted by atomic mass is 16.3. The van der Waals surface area contributed by atoms with Gasteiger partial charge in [0.1, 0.15) is 5.82 Å². The highest BCUT2D eigenvalue weighted by molar-refractivity contribution is 5.93. The van der Waals surface area contributed by atoms with Crippen LogP contribution in [0.15, 0.2) is 42.9 Å². The largest absolute Gasteiger partial charge is 0.393 e. The van der Waals surface area contributed by atoms with E-state index in [2.05, 4.69) is 10.3 Å². The van der Waals surface area contributed by atoms with Crippen LogP contribution < -0.4 is 5.32 Å². The van der Waals surface area contributed by atoms with Gasteiger partial charge in [-0.1, -0.05) is 0 Å². The zero-order valence-electron chi connectivity index (χ0n) is 10.8. The van der Waals surface area contributed by atoms with E-state index in [0.717, 1.165) is 5.82 Å². The van der Waals surface area contributed by atoms with Crippen LogP contribution in [0.1, 0.15) is 23.7 Å². The van der Waals surface area contributed by atoms with Crippen LogP contribution in [0.5, 0.6) is 0 Å². The van der Waals surface area contributed by atoms with Gasteiger partial charge in [-0.05, 0) is 37.6 Å². The van der Waals surface area contributed by atoms with Crippen molar-refractivity contribution in [3.05, 3.63) is 48.4 Å². The van der Waals surface area contributed by atoms with Crippen molar-refractivity contribution in [2.45, 2.75) is 19.4 Å². The molecule has 2 aromatic heterocycles. The second-order valence-corrected chi connectivity index (χ2v) is 4.39. The van der Waals surface area contributed by atoms with Crippen LogP contribution in [-0.4, -0.2) is 33.2 Å². The molecule has 1 atom stereocenters. The Balaban J connectivity index is 1.96. The fraction of sp³-hybridized carbons (Fsp3) is 0.286. The van der Waals surface area contributed by atoms with Gasteiger partial charge < -0.3 is 15.0 Å². The molecule has 0 saturated heterocycles. The number of amides is 1. The molecule has 0 saturated carbocycles. The molecule has 100 valence electrons. The minimum absolute atomic E-state index is 0.174.